The summed E-state index contributed by atoms with van der Waals surface area (Å²) in [6, 6.07) is -0.964. The lowest BCUT2D eigenvalue weighted by Crippen LogP contribution is -2.43. The maximum atomic E-state index is 12.8. The van der Waals surface area contributed by atoms with E-state index in [-0.39, 0.29) is 19.6 Å². The van der Waals surface area contributed by atoms with Gasteiger partial charge in [0, 0.05) is 20.1 Å². The number of aliphatic carboxylic acids is 1. The van der Waals surface area contributed by atoms with Gasteiger partial charge in [-0.2, -0.15) is 0 Å². The molecule has 0 aromatic heterocycles. The minimum absolute atomic E-state index is 0.0641. The first-order chi connectivity index (χ1) is 6.46. The van der Waals surface area contributed by atoms with Crippen LogP contribution in [0, 0.1) is 0 Å². The maximum Gasteiger partial charge on any atom is 0.323 e. The third-order valence-corrected chi connectivity index (χ3v) is 2.25. The monoisotopic (exact) mass is 209 g/mol. The number of hydrogen-bond acceptors (Lipinski definition) is 3. The molecule has 1 heterocycles. The lowest BCUT2D eigenvalue weighted by Gasteiger charge is -2.22. The van der Waals surface area contributed by atoms with Crippen LogP contribution in [0.15, 0.2) is 0 Å². The van der Waals surface area contributed by atoms with Gasteiger partial charge in [-0.15, -0.1) is 0 Å². The summed E-state index contributed by atoms with van der Waals surface area (Å²) in [6.45, 7) is -0.452. The molecule has 4 nitrogen and oxygen atoms in total. The number of methoxy groups -OCH3 is 1. The Hall–Kier alpha value is -0.750. The van der Waals surface area contributed by atoms with Crippen LogP contribution >= 0.6 is 0 Å². The number of carbonyl (C=O) groups is 1. The molecule has 0 bridgehead atoms. The summed E-state index contributed by atoms with van der Waals surface area (Å²) in [7, 11) is 1.35. The first-order valence-corrected chi connectivity index (χ1v) is 4.30. The minimum Gasteiger partial charge on any atom is -0.480 e. The van der Waals surface area contributed by atoms with Gasteiger partial charge in [-0.3, -0.25) is 9.69 Å². The third-order valence-electron chi connectivity index (χ3n) is 2.25. The quantitative estimate of drug-likeness (QED) is 0.729. The average Bonchev–Trinajstić information content (AvgIpc) is 2.41. The van der Waals surface area contributed by atoms with Crippen LogP contribution in [0.2, 0.25) is 0 Å². The molecule has 14 heavy (non-hydrogen) atoms. The average molecular weight is 209 g/mol. The van der Waals surface area contributed by atoms with Crippen molar-refractivity contribution in [2.24, 2.45) is 0 Å². The molecular formula is C8H13F2NO3. The van der Waals surface area contributed by atoms with Gasteiger partial charge in [0.2, 0.25) is 0 Å². The fraction of sp³-hybridized carbons (Fsp3) is 0.875. The fourth-order valence-electron chi connectivity index (χ4n) is 1.52. The number of carboxylic acids is 1. The van der Waals surface area contributed by atoms with Gasteiger partial charge in [0.25, 0.3) is 5.92 Å². The van der Waals surface area contributed by atoms with Crippen molar-refractivity contribution >= 4 is 5.97 Å². The van der Waals surface area contributed by atoms with Gasteiger partial charge in [-0.05, 0) is 0 Å². The van der Waals surface area contributed by atoms with Crippen LogP contribution in [0.1, 0.15) is 6.42 Å². The Balaban J connectivity index is 2.58. The number of alkyl halides is 2. The molecule has 1 aliphatic heterocycles. The molecule has 0 aromatic carbocycles. The van der Waals surface area contributed by atoms with Crippen molar-refractivity contribution in [2.45, 2.75) is 18.4 Å². The van der Waals surface area contributed by atoms with Gasteiger partial charge in [-0.25, -0.2) is 8.78 Å². The molecule has 6 heteroatoms. The van der Waals surface area contributed by atoms with E-state index in [2.05, 4.69) is 4.74 Å². The molecule has 0 radical (unpaired) electrons. The minimum atomic E-state index is -2.76. The summed E-state index contributed by atoms with van der Waals surface area (Å²) >= 11 is 0. The molecule has 0 saturated carbocycles. The van der Waals surface area contributed by atoms with Gasteiger partial charge < -0.3 is 9.84 Å². The SMILES string of the molecule is COC[C@@H](C(=O)O)N1CCC(F)(F)C1. The van der Waals surface area contributed by atoms with E-state index in [0.29, 0.717) is 0 Å². The number of likely N-dealkylation sites (tertiary alicyclic amines) is 1. The van der Waals surface area contributed by atoms with Crippen LogP contribution in [0.25, 0.3) is 0 Å². The second-order valence-corrected chi connectivity index (χ2v) is 3.39. The van der Waals surface area contributed by atoms with E-state index < -0.39 is 24.5 Å². The van der Waals surface area contributed by atoms with E-state index in [9.17, 15) is 13.6 Å². The Kier molecular flexibility index (Phi) is 3.38. The molecular weight excluding hydrogens is 196 g/mol. The second kappa shape index (κ2) is 4.18. The maximum absolute atomic E-state index is 12.8. The van der Waals surface area contributed by atoms with E-state index in [1.54, 1.807) is 0 Å². The first-order valence-electron chi connectivity index (χ1n) is 4.30. The van der Waals surface area contributed by atoms with Gasteiger partial charge in [0.05, 0.1) is 13.2 Å². The third kappa shape index (κ3) is 2.62. The van der Waals surface area contributed by atoms with Crippen molar-refractivity contribution in [1.82, 2.24) is 4.90 Å². The molecule has 1 aliphatic rings. The van der Waals surface area contributed by atoms with E-state index in [1.165, 1.54) is 12.0 Å². The molecule has 0 aromatic rings. The molecule has 0 aliphatic carbocycles. The number of rotatable bonds is 4. The van der Waals surface area contributed by atoms with Crippen molar-refractivity contribution in [3.63, 3.8) is 0 Å². The zero-order valence-corrected chi connectivity index (χ0v) is 7.87. The molecule has 0 unspecified atom stereocenters. The Morgan fingerprint density at radius 1 is 1.71 bits per heavy atom. The number of ether oxygens (including phenoxy) is 1. The van der Waals surface area contributed by atoms with E-state index in [0.717, 1.165) is 0 Å². The molecule has 82 valence electrons. The second-order valence-electron chi connectivity index (χ2n) is 3.39. The van der Waals surface area contributed by atoms with E-state index in [1.807, 2.05) is 0 Å². The Morgan fingerprint density at radius 2 is 2.36 bits per heavy atom. The lowest BCUT2D eigenvalue weighted by molar-refractivity contribution is -0.145. The molecule has 0 spiro atoms. The van der Waals surface area contributed by atoms with Gasteiger partial charge >= 0.3 is 5.97 Å². The Labute approximate surface area is 80.4 Å². The van der Waals surface area contributed by atoms with Crippen molar-refractivity contribution in [3.8, 4) is 0 Å². The molecule has 1 N–H and O–H groups in total. The summed E-state index contributed by atoms with van der Waals surface area (Å²) in [4.78, 5) is 12.0. The standard InChI is InChI=1S/C8H13F2NO3/c1-14-4-6(7(12)13)11-3-2-8(9,10)5-11/h6H,2-5H2,1H3,(H,12,13)/t6-/m0/s1. The van der Waals surface area contributed by atoms with Crippen molar-refractivity contribution < 1.29 is 23.4 Å². The highest BCUT2D eigenvalue weighted by Gasteiger charge is 2.42. The van der Waals surface area contributed by atoms with Gasteiger partial charge in [0.15, 0.2) is 0 Å². The Morgan fingerprint density at radius 3 is 2.71 bits per heavy atom. The van der Waals surface area contributed by atoms with Crippen LogP contribution in [-0.2, 0) is 9.53 Å². The topological polar surface area (TPSA) is 49.8 Å². The van der Waals surface area contributed by atoms with Crippen LogP contribution in [-0.4, -0.2) is 54.7 Å². The zero-order valence-electron chi connectivity index (χ0n) is 7.87. The summed E-state index contributed by atoms with van der Waals surface area (Å²) in [5.74, 6) is -3.88. The Bertz CT molecular complexity index is 223. The molecule has 0 amide bonds. The van der Waals surface area contributed by atoms with E-state index in [4.69, 9.17) is 5.11 Å². The summed E-state index contributed by atoms with van der Waals surface area (Å²) in [6.07, 6.45) is -0.277. The fourth-order valence-corrected chi connectivity index (χ4v) is 1.52. The molecule has 1 atom stereocenters. The van der Waals surface area contributed by atoms with Gasteiger partial charge in [-0.1, -0.05) is 0 Å². The van der Waals surface area contributed by atoms with Crippen molar-refractivity contribution in [3.05, 3.63) is 0 Å². The molecule has 1 fully saturated rings. The van der Waals surface area contributed by atoms with E-state index >= 15 is 0 Å². The van der Waals surface area contributed by atoms with Crippen LogP contribution < -0.4 is 0 Å². The number of halogens is 2. The largest absolute Gasteiger partial charge is 0.480 e. The smallest absolute Gasteiger partial charge is 0.323 e. The van der Waals surface area contributed by atoms with Crippen LogP contribution in [0.5, 0.6) is 0 Å². The predicted octanol–water partition coefficient (Wildman–Crippen LogP) is 0.427. The number of nitrogens with zero attached hydrogens (tertiary/aromatic N) is 1. The van der Waals surface area contributed by atoms with Crippen molar-refractivity contribution in [1.29, 1.82) is 0 Å². The number of hydrogen-bond donors (Lipinski definition) is 1. The van der Waals surface area contributed by atoms with Crippen LogP contribution in [0.3, 0.4) is 0 Å². The van der Waals surface area contributed by atoms with Crippen molar-refractivity contribution in [2.75, 3.05) is 26.8 Å². The highest BCUT2D eigenvalue weighted by molar-refractivity contribution is 5.73. The highest BCUT2D eigenvalue weighted by atomic mass is 19.3. The lowest BCUT2D eigenvalue weighted by atomic mass is 10.3. The highest BCUT2D eigenvalue weighted by Crippen LogP contribution is 2.28. The normalized spacial score (nSPS) is 23.6. The zero-order chi connectivity index (χ0) is 10.8. The summed E-state index contributed by atoms with van der Waals surface area (Å²) in [5, 5.41) is 8.77. The number of carboxylic acid groups (broad SMARTS) is 1. The summed E-state index contributed by atoms with van der Waals surface area (Å²) < 4.78 is 30.2. The molecule has 1 rings (SSSR count). The summed E-state index contributed by atoms with van der Waals surface area (Å²) in [5.41, 5.74) is 0. The molecule has 1 saturated heterocycles. The predicted molar refractivity (Wildman–Crippen MR) is 44.4 cm³/mol. The first kappa shape index (κ1) is 11.3. The van der Waals surface area contributed by atoms with Gasteiger partial charge in [0.1, 0.15) is 6.04 Å². The van der Waals surface area contributed by atoms with Crippen LogP contribution in [0.4, 0.5) is 8.78 Å².